The molecule has 21 heavy (non-hydrogen) atoms. The zero-order valence-corrected chi connectivity index (χ0v) is 15.1. The monoisotopic (exact) mass is 331 g/mol. The van der Waals surface area contributed by atoms with E-state index in [9.17, 15) is 9.18 Å². The average molecular weight is 332 g/mol. The molecule has 0 amide bonds. The Kier molecular flexibility index (Phi) is 6.08. The molecular weight excluding hydrogens is 309 g/mol. The smallest absolute Gasteiger partial charge is 0.225 e. The van der Waals surface area contributed by atoms with Crippen molar-refractivity contribution in [1.82, 2.24) is 4.98 Å². The number of carbonyl (C=O) groups is 1. The molecule has 0 aliphatic carbocycles. The number of Topliss-reactive ketones (excluding diaryl/α,β-unsaturated/α-hetero) is 1. The molecule has 1 heterocycles. The van der Waals surface area contributed by atoms with Crippen LogP contribution in [0.2, 0.25) is 23.3 Å². The van der Waals surface area contributed by atoms with Gasteiger partial charge < -0.3 is 4.43 Å². The molecule has 0 radical (unpaired) electrons. The first kappa shape index (κ1) is 18.3. The number of hydrogen-bond donors (Lipinski definition) is 0. The first-order valence-corrected chi connectivity index (χ1v) is 10.3. The van der Waals surface area contributed by atoms with Gasteiger partial charge >= 0.3 is 0 Å². The predicted octanol–water partition coefficient (Wildman–Crippen LogP) is 4.86. The SMILES string of the molecule is CC(C)(C)[Si](C)(C)OCCCC(=O)c1ccc(Cl)nc1F. The van der Waals surface area contributed by atoms with E-state index >= 15 is 0 Å². The van der Waals surface area contributed by atoms with Crippen molar-refractivity contribution in [3.8, 4) is 0 Å². The van der Waals surface area contributed by atoms with Gasteiger partial charge in [0.2, 0.25) is 5.95 Å². The molecule has 0 saturated carbocycles. The molecule has 0 saturated heterocycles. The molecule has 1 rings (SSSR count). The molecular formula is C15H23ClFNO2Si. The Morgan fingerprint density at radius 2 is 2.00 bits per heavy atom. The summed E-state index contributed by atoms with van der Waals surface area (Å²) in [4.78, 5) is 15.4. The molecule has 0 aliphatic heterocycles. The summed E-state index contributed by atoms with van der Waals surface area (Å²) in [6.07, 6.45) is 0.822. The first-order valence-electron chi connectivity index (χ1n) is 7.04. The van der Waals surface area contributed by atoms with Crippen LogP contribution in [0.3, 0.4) is 0 Å². The van der Waals surface area contributed by atoms with Crippen LogP contribution in [-0.2, 0) is 4.43 Å². The van der Waals surface area contributed by atoms with E-state index < -0.39 is 14.3 Å². The Morgan fingerprint density at radius 3 is 2.52 bits per heavy atom. The van der Waals surface area contributed by atoms with Gasteiger partial charge in [0.05, 0.1) is 5.56 Å². The van der Waals surface area contributed by atoms with Gasteiger partial charge in [0.1, 0.15) is 5.15 Å². The van der Waals surface area contributed by atoms with Gasteiger partial charge in [0.15, 0.2) is 14.1 Å². The van der Waals surface area contributed by atoms with Gasteiger partial charge in [-0.1, -0.05) is 32.4 Å². The van der Waals surface area contributed by atoms with E-state index in [2.05, 4.69) is 38.8 Å². The zero-order valence-electron chi connectivity index (χ0n) is 13.3. The van der Waals surface area contributed by atoms with Crippen LogP contribution in [0.5, 0.6) is 0 Å². The van der Waals surface area contributed by atoms with Gasteiger partial charge in [0.25, 0.3) is 0 Å². The van der Waals surface area contributed by atoms with E-state index in [4.69, 9.17) is 16.0 Å². The lowest BCUT2D eigenvalue weighted by molar-refractivity contribution is 0.0967. The van der Waals surface area contributed by atoms with Crippen molar-refractivity contribution < 1.29 is 13.6 Å². The number of hydrogen-bond acceptors (Lipinski definition) is 3. The lowest BCUT2D eigenvalue weighted by atomic mass is 10.1. The summed E-state index contributed by atoms with van der Waals surface area (Å²) < 4.78 is 19.5. The molecule has 0 atom stereocenters. The molecule has 0 aromatic carbocycles. The quantitative estimate of drug-likeness (QED) is 0.323. The van der Waals surface area contributed by atoms with E-state index in [0.717, 1.165) is 0 Å². The molecule has 0 fully saturated rings. The van der Waals surface area contributed by atoms with Gasteiger partial charge in [0, 0.05) is 13.0 Å². The van der Waals surface area contributed by atoms with E-state index in [1.165, 1.54) is 12.1 Å². The molecule has 118 valence electrons. The fraction of sp³-hybridized carbons (Fsp3) is 0.600. The molecule has 3 nitrogen and oxygen atoms in total. The van der Waals surface area contributed by atoms with Crippen LogP contribution in [0.1, 0.15) is 44.0 Å². The largest absolute Gasteiger partial charge is 0.417 e. The van der Waals surface area contributed by atoms with Crippen LogP contribution < -0.4 is 0 Å². The summed E-state index contributed by atoms with van der Waals surface area (Å²) in [5.41, 5.74) is -0.00766. The standard InChI is InChI=1S/C15H23ClFNO2Si/c1-15(2,3)21(4,5)20-10-6-7-12(19)11-8-9-13(16)18-14(11)17/h8-9H,6-7,10H2,1-5H3. The molecule has 0 aliphatic rings. The zero-order chi connectivity index (χ0) is 16.3. The van der Waals surface area contributed by atoms with Crippen LogP contribution in [-0.4, -0.2) is 25.7 Å². The minimum Gasteiger partial charge on any atom is -0.417 e. The van der Waals surface area contributed by atoms with Crippen molar-refractivity contribution in [2.45, 2.75) is 51.7 Å². The van der Waals surface area contributed by atoms with Crippen molar-refractivity contribution in [3.63, 3.8) is 0 Å². The third kappa shape index (κ3) is 5.16. The second kappa shape index (κ2) is 6.98. The Labute approximate surface area is 132 Å². The Hall–Kier alpha value is -0.783. The lowest BCUT2D eigenvalue weighted by Crippen LogP contribution is -2.41. The first-order chi connectivity index (χ1) is 9.54. The van der Waals surface area contributed by atoms with Crippen LogP contribution in [0, 0.1) is 5.95 Å². The van der Waals surface area contributed by atoms with E-state index in [1.807, 2.05) is 0 Å². The van der Waals surface area contributed by atoms with Crippen LogP contribution in [0.25, 0.3) is 0 Å². The molecule has 0 bridgehead atoms. The van der Waals surface area contributed by atoms with Gasteiger partial charge in [-0.05, 0) is 36.7 Å². The molecule has 1 aromatic heterocycles. The molecule has 0 N–H and O–H groups in total. The third-order valence-electron chi connectivity index (χ3n) is 3.93. The lowest BCUT2D eigenvalue weighted by Gasteiger charge is -2.36. The minimum atomic E-state index is -1.79. The second-order valence-corrected chi connectivity index (χ2v) is 11.8. The molecule has 1 aromatic rings. The number of rotatable bonds is 6. The van der Waals surface area contributed by atoms with Crippen molar-refractivity contribution in [3.05, 3.63) is 28.8 Å². The van der Waals surface area contributed by atoms with E-state index in [0.29, 0.717) is 13.0 Å². The molecule has 6 heteroatoms. The summed E-state index contributed by atoms with van der Waals surface area (Å²) in [6.45, 7) is 11.3. The van der Waals surface area contributed by atoms with E-state index in [-0.39, 0.29) is 28.0 Å². The van der Waals surface area contributed by atoms with Crippen molar-refractivity contribution in [2.24, 2.45) is 0 Å². The van der Waals surface area contributed by atoms with Gasteiger partial charge in [-0.2, -0.15) is 4.39 Å². The maximum atomic E-state index is 13.5. The van der Waals surface area contributed by atoms with Crippen molar-refractivity contribution in [2.75, 3.05) is 6.61 Å². The topological polar surface area (TPSA) is 39.2 Å². The molecule has 0 spiro atoms. The number of halogens is 2. The average Bonchev–Trinajstić information content (AvgIpc) is 2.33. The highest BCUT2D eigenvalue weighted by Crippen LogP contribution is 2.36. The fourth-order valence-electron chi connectivity index (χ4n) is 1.53. The maximum absolute atomic E-state index is 13.5. The summed E-state index contributed by atoms with van der Waals surface area (Å²) in [5.74, 6) is -1.08. The Bertz CT molecular complexity index is 515. The number of aromatic nitrogens is 1. The number of nitrogens with zero attached hydrogens (tertiary/aromatic N) is 1. The van der Waals surface area contributed by atoms with E-state index in [1.54, 1.807) is 0 Å². The summed E-state index contributed by atoms with van der Waals surface area (Å²) in [7, 11) is -1.79. The highest BCUT2D eigenvalue weighted by atomic mass is 35.5. The Morgan fingerprint density at radius 1 is 1.38 bits per heavy atom. The minimum absolute atomic E-state index is 0.00766. The summed E-state index contributed by atoms with van der Waals surface area (Å²) in [6, 6.07) is 2.80. The fourth-order valence-corrected chi connectivity index (χ4v) is 2.76. The Balaban J connectivity index is 2.48. The van der Waals surface area contributed by atoms with Crippen LogP contribution >= 0.6 is 11.6 Å². The number of ketones is 1. The number of pyridine rings is 1. The van der Waals surface area contributed by atoms with Crippen LogP contribution in [0.15, 0.2) is 12.1 Å². The van der Waals surface area contributed by atoms with Crippen LogP contribution in [0.4, 0.5) is 4.39 Å². The number of carbonyl (C=O) groups excluding carboxylic acids is 1. The predicted molar refractivity (Wildman–Crippen MR) is 85.9 cm³/mol. The van der Waals surface area contributed by atoms with Crippen molar-refractivity contribution in [1.29, 1.82) is 0 Å². The highest BCUT2D eigenvalue weighted by Gasteiger charge is 2.36. The third-order valence-corrected chi connectivity index (χ3v) is 8.68. The summed E-state index contributed by atoms with van der Waals surface area (Å²) >= 11 is 5.56. The van der Waals surface area contributed by atoms with Gasteiger partial charge in [-0.15, -0.1) is 0 Å². The maximum Gasteiger partial charge on any atom is 0.225 e. The molecule has 0 unspecified atom stereocenters. The highest BCUT2D eigenvalue weighted by molar-refractivity contribution is 6.74. The van der Waals surface area contributed by atoms with Gasteiger partial charge in [-0.25, -0.2) is 4.98 Å². The van der Waals surface area contributed by atoms with Gasteiger partial charge in [-0.3, -0.25) is 4.79 Å². The normalized spacial score (nSPS) is 12.5. The van der Waals surface area contributed by atoms with Crippen molar-refractivity contribution >= 4 is 25.7 Å². The second-order valence-electron chi connectivity index (χ2n) is 6.61. The summed E-state index contributed by atoms with van der Waals surface area (Å²) in [5, 5.41) is 0.189.